The van der Waals surface area contributed by atoms with Gasteiger partial charge in [0.05, 0.1) is 0 Å². The van der Waals surface area contributed by atoms with Crippen LogP contribution in [0.25, 0.3) is 27.6 Å². The molecule has 5 rings (SSSR count). The Hall–Kier alpha value is -2.12. The van der Waals surface area contributed by atoms with Crippen molar-refractivity contribution < 1.29 is 4.74 Å². The summed E-state index contributed by atoms with van der Waals surface area (Å²) in [6, 6.07) is 15.4. The molecule has 0 aromatic heterocycles. The molecule has 2 atom stereocenters. The zero-order valence-electron chi connectivity index (χ0n) is 11.3. The third-order valence-electron chi connectivity index (χ3n) is 4.64. The Labute approximate surface area is 117 Å². The van der Waals surface area contributed by atoms with Gasteiger partial charge in [0, 0.05) is 0 Å². The van der Waals surface area contributed by atoms with Gasteiger partial charge in [-0.05, 0) is 51.2 Å². The quantitative estimate of drug-likeness (QED) is 0.418. The van der Waals surface area contributed by atoms with E-state index in [0.717, 1.165) is 0 Å². The summed E-state index contributed by atoms with van der Waals surface area (Å²) in [5.74, 6) is 0. The fourth-order valence-electron chi connectivity index (χ4n) is 3.61. The summed E-state index contributed by atoms with van der Waals surface area (Å²) in [5, 5.41) is 5.37. The highest BCUT2D eigenvalue weighted by atomic mass is 16.6. The van der Waals surface area contributed by atoms with Crippen LogP contribution in [0, 0.1) is 6.92 Å². The molecule has 0 amide bonds. The summed E-state index contributed by atoms with van der Waals surface area (Å²) in [6.45, 7) is 2.24. The molecular formula is C19H14O. The first-order chi connectivity index (χ1) is 9.83. The third kappa shape index (κ3) is 1.26. The number of benzene rings is 3. The first kappa shape index (κ1) is 10.6. The van der Waals surface area contributed by atoms with E-state index in [1.165, 1.54) is 38.2 Å². The minimum absolute atomic E-state index is 0.276. The molecule has 1 nitrogen and oxygen atoms in total. The molecule has 0 unspecified atom stereocenters. The van der Waals surface area contributed by atoms with Gasteiger partial charge in [0.2, 0.25) is 0 Å². The Morgan fingerprint density at radius 3 is 2.85 bits per heavy atom. The van der Waals surface area contributed by atoms with E-state index in [0.29, 0.717) is 6.10 Å². The number of rotatable bonds is 0. The maximum atomic E-state index is 5.79. The van der Waals surface area contributed by atoms with Gasteiger partial charge in [-0.25, -0.2) is 0 Å². The summed E-state index contributed by atoms with van der Waals surface area (Å²) in [6.07, 6.45) is 4.96. The molecule has 1 aliphatic heterocycles. The Morgan fingerprint density at radius 1 is 1.00 bits per heavy atom. The van der Waals surface area contributed by atoms with Crippen molar-refractivity contribution in [2.24, 2.45) is 0 Å². The highest BCUT2D eigenvalue weighted by Crippen LogP contribution is 2.49. The summed E-state index contributed by atoms with van der Waals surface area (Å²) in [7, 11) is 0. The average Bonchev–Trinajstić information content (AvgIpc) is 3.26. The lowest BCUT2D eigenvalue weighted by Gasteiger charge is -2.15. The first-order valence-electron chi connectivity index (χ1n) is 7.11. The Kier molecular flexibility index (Phi) is 1.86. The lowest BCUT2D eigenvalue weighted by molar-refractivity contribution is 0.396. The highest BCUT2D eigenvalue weighted by molar-refractivity contribution is 6.04. The van der Waals surface area contributed by atoms with E-state index in [1.807, 2.05) is 0 Å². The van der Waals surface area contributed by atoms with E-state index in [4.69, 9.17) is 4.74 Å². The van der Waals surface area contributed by atoms with Gasteiger partial charge in [0.15, 0.2) is 0 Å². The van der Waals surface area contributed by atoms with E-state index in [-0.39, 0.29) is 6.10 Å². The van der Waals surface area contributed by atoms with Gasteiger partial charge in [-0.15, -0.1) is 0 Å². The molecule has 1 aliphatic carbocycles. The molecule has 0 saturated carbocycles. The lowest BCUT2D eigenvalue weighted by Crippen LogP contribution is -1.98. The molecule has 1 saturated heterocycles. The summed E-state index contributed by atoms with van der Waals surface area (Å²) >= 11 is 0. The second-order valence-corrected chi connectivity index (χ2v) is 5.77. The minimum Gasteiger partial charge on any atom is -0.360 e. The molecule has 2 aliphatic rings. The molecule has 0 spiro atoms. The molecular weight excluding hydrogens is 244 g/mol. The Balaban J connectivity index is 2.00. The number of epoxide rings is 1. The zero-order chi connectivity index (χ0) is 13.3. The van der Waals surface area contributed by atoms with Gasteiger partial charge >= 0.3 is 0 Å². The van der Waals surface area contributed by atoms with E-state index in [9.17, 15) is 0 Å². The summed E-state index contributed by atoms with van der Waals surface area (Å²) in [5.41, 5.74) is 4.08. The standard InChI is InChI=1S/C19H14O/c1-11-15-5-3-2-4-13(15)10-14-7-6-12-8-9-16-19(20-16)18(12)17(11)14/h2-10,16,19H,1H3/t16-,19-/m1/s1. The second kappa shape index (κ2) is 3.50. The van der Waals surface area contributed by atoms with E-state index in [2.05, 4.69) is 61.5 Å². The smallest absolute Gasteiger partial charge is 0.114 e. The van der Waals surface area contributed by atoms with Crippen molar-refractivity contribution in [1.82, 2.24) is 0 Å². The average molecular weight is 258 g/mol. The van der Waals surface area contributed by atoms with Crippen molar-refractivity contribution in [3.05, 3.63) is 65.2 Å². The van der Waals surface area contributed by atoms with Crippen LogP contribution in [0.5, 0.6) is 0 Å². The minimum atomic E-state index is 0.276. The largest absolute Gasteiger partial charge is 0.360 e. The van der Waals surface area contributed by atoms with Gasteiger partial charge in [0.1, 0.15) is 12.2 Å². The van der Waals surface area contributed by atoms with Crippen molar-refractivity contribution in [2.45, 2.75) is 19.1 Å². The van der Waals surface area contributed by atoms with E-state index < -0.39 is 0 Å². The molecule has 1 heteroatoms. The van der Waals surface area contributed by atoms with Gasteiger partial charge in [0.25, 0.3) is 0 Å². The molecule has 3 aromatic rings. The van der Waals surface area contributed by atoms with E-state index >= 15 is 0 Å². The lowest BCUT2D eigenvalue weighted by atomic mass is 9.87. The van der Waals surface area contributed by atoms with Crippen molar-refractivity contribution in [2.75, 3.05) is 0 Å². The van der Waals surface area contributed by atoms with E-state index in [1.54, 1.807) is 0 Å². The van der Waals surface area contributed by atoms with Gasteiger partial charge < -0.3 is 4.74 Å². The topological polar surface area (TPSA) is 12.5 Å². The molecule has 1 heterocycles. The van der Waals surface area contributed by atoms with Crippen molar-refractivity contribution in [3.63, 3.8) is 0 Å². The van der Waals surface area contributed by atoms with Crippen LogP contribution in [0.2, 0.25) is 0 Å². The Bertz CT molecular complexity index is 904. The van der Waals surface area contributed by atoms with Crippen molar-refractivity contribution in [1.29, 1.82) is 0 Å². The van der Waals surface area contributed by atoms with Gasteiger partial charge in [-0.3, -0.25) is 0 Å². The fraction of sp³-hybridized carbons (Fsp3) is 0.158. The molecule has 1 fully saturated rings. The maximum absolute atomic E-state index is 5.79. The van der Waals surface area contributed by atoms with Crippen LogP contribution in [0.3, 0.4) is 0 Å². The number of hydrogen-bond acceptors (Lipinski definition) is 1. The maximum Gasteiger partial charge on any atom is 0.114 e. The molecule has 0 bridgehead atoms. The third-order valence-corrected chi connectivity index (χ3v) is 4.64. The predicted molar refractivity (Wildman–Crippen MR) is 82.8 cm³/mol. The first-order valence-corrected chi connectivity index (χ1v) is 7.11. The molecule has 20 heavy (non-hydrogen) atoms. The monoisotopic (exact) mass is 258 g/mol. The number of hydrogen-bond donors (Lipinski definition) is 0. The van der Waals surface area contributed by atoms with Crippen LogP contribution >= 0.6 is 0 Å². The van der Waals surface area contributed by atoms with Crippen molar-refractivity contribution in [3.8, 4) is 0 Å². The SMILES string of the molecule is Cc1c2ccccc2cc2ccc3c(c12)[C@@H]1O[C@@H]1C=C3. The normalized spacial score (nSPS) is 22.9. The van der Waals surface area contributed by atoms with Crippen molar-refractivity contribution >= 4 is 27.6 Å². The second-order valence-electron chi connectivity index (χ2n) is 5.77. The molecule has 0 radical (unpaired) electrons. The van der Waals surface area contributed by atoms with Crippen LogP contribution < -0.4 is 0 Å². The van der Waals surface area contributed by atoms with Crippen LogP contribution in [-0.4, -0.2) is 6.10 Å². The zero-order valence-corrected chi connectivity index (χ0v) is 11.3. The summed E-state index contributed by atoms with van der Waals surface area (Å²) < 4.78 is 5.79. The molecule has 96 valence electrons. The molecule has 3 aromatic carbocycles. The molecule has 0 N–H and O–H groups in total. The number of aryl methyl sites for hydroxylation is 1. The van der Waals surface area contributed by atoms with Crippen LogP contribution in [0.4, 0.5) is 0 Å². The number of fused-ring (bicyclic) bond motifs is 6. The van der Waals surface area contributed by atoms with Crippen LogP contribution in [0.1, 0.15) is 22.8 Å². The Morgan fingerprint density at radius 2 is 1.90 bits per heavy atom. The highest BCUT2D eigenvalue weighted by Gasteiger charge is 2.42. The predicted octanol–water partition coefficient (Wildman–Crippen LogP) is 4.77. The fourth-order valence-corrected chi connectivity index (χ4v) is 3.61. The summed E-state index contributed by atoms with van der Waals surface area (Å²) in [4.78, 5) is 0. The van der Waals surface area contributed by atoms with Crippen LogP contribution in [0.15, 0.2) is 48.5 Å². The van der Waals surface area contributed by atoms with Crippen LogP contribution in [-0.2, 0) is 4.74 Å². The number of ether oxygens (including phenoxy) is 1. The van der Waals surface area contributed by atoms with Gasteiger partial charge in [-0.1, -0.05) is 48.6 Å². The van der Waals surface area contributed by atoms with Gasteiger partial charge in [-0.2, -0.15) is 0 Å².